The van der Waals surface area contributed by atoms with E-state index in [-0.39, 0.29) is 0 Å². The third-order valence-electron chi connectivity index (χ3n) is 2.32. The second-order valence-electron chi connectivity index (χ2n) is 3.67. The van der Waals surface area contributed by atoms with Crippen LogP contribution in [0.25, 0.3) is 23.7 Å². The molecular weight excluding hydrogens is 262 g/mol. The normalized spacial score (nSPS) is 11.2. The van der Waals surface area contributed by atoms with Crippen molar-refractivity contribution in [3.05, 3.63) is 40.7 Å². The molecule has 0 saturated heterocycles. The molecule has 19 heavy (non-hydrogen) atoms. The molecule has 0 aliphatic heterocycles. The minimum absolute atomic E-state index is 0.366. The van der Waals surface area contributed by atoms with Crippen molar-refractivity contribution in [2.75, 3.05) is 5.73 Å². The molecule has 3 heterocycles. The van der Waals surface area contributed by atoms with Crippen molar-refractivity contribution in [1.82, 2.24) is 20.1 Å². The van der Waals surface area contributed by atoms with E-state index in [4.69, 9.17) is 10.3 Å². The molecule has 3 aromatic heterocycles. The molecule has 3 aromatic rings. The van der Waals surface area contributed by atoms with Gasteiger partial charge >= 0.3 is 0 Å². The van der Waals surface area contributed by atoms with Crippen LogP contribution in [0.1, 0.15) is 11.5 Å². The van der Waals surface area contributed by atoms with E-state index in [0.717, 1.165) is 5.56 Å². The molecule has 0 atom stereocenters. The van der Waals surface area contributed by atoms with E-state index in [1.54, 1.807) is 23.5 Å². The van der Waals surface area contributed by atoms with Gasteiger partial charge in [-0.05, 0) is 28.5 Å². The van der Waals surface area contributed by atoms with Crippen molar-refractivity contribution in [3.63, 3.8) is 0 Å². The first-order chi connectivity index (χ1) is 9.31. The number of nitrogens with two attached hydrogens (primary N) is 1. The molecule has 0 aromatic carbocycles. The maximum Gasteiger partial charge on any atom is 0.251 e. The summed E-state index contributed by atoms with van der Waals surface area (Å²) in [5, 5.41) is 7.88. The SMILES string of the molecule is Nc1cc(-c2noc(/C=C/c3ccsc3)n2)ncn1. The summed E-state index contributed by atoms with van der Waals surface area (Å²) in [6.07, 6.45) is 5.02. The van der Waals surface area contributed by atoms with E-state index in [1.807, 2.05) is 22.9 Å². The van der Waals surface area contributed by atoms with E-state index in [9.17, 15) is 0 Å². The summed E-state index contributed by atoms with van der Waals surface area (Å²) in [5.41, 5.74) is 7.20. The molecule has 0 amide bonds. The van der Waals surface area contributed by atoms with Gasteiger partial charge in [-0.1, -0.05) is 5.16 Å². The highest BCUT2D eigenvalue weighted by molar-refractivity contribution is 7.08. The van der Waals surface area contributed by atoms with Crippen LogP contribution in [0.4, 0.5) is 5.82 Å². The van der Waals surface area contributed by atoms with Crippen LogP contribution >= 0.6 is 11.3 Å². The first-order valence-corrected chi connectivity index (χ1v) is 6.37. The van der Waals surface area contributed by atoms with Crippen LogP contribution in [0.2, 0.25) is 0 Å². The standard InChI is InChI=1S/C12H9N5OS/c13-10-5-9(14-7-15-10)12-16-11(18-17-12)2-1-8-3-4-19-6-8/h1-7H,(H2,13,14,15)/b2-1+. The number of hydrogen-bond donors (Lipinski definition) is 1. The number of anilines is 1. The third-order valence-corrected chi connectivity index (χ3v) is 3.02. The Balaban J connectivity index is 1.83. The number of hydrogen-bond acceptors (Lipinski definition) is 7. The fourth-order valence-electron chi connectivity index (χ4n) is 1.44. The molecule has 2 N–H and O–H groups in total. The first-order valence-electron chi connectivity index (χ1n) is 5.43. The van der Waals surface area contributed by atoms with Crippen molar-refractivity contribution >= 4 is 29.3 Å². The summed E-state index contributed by atoms with van der Waals surface area (Å²) in [5.74, 6) is 1.17. The Bertz CT molecular complexity index is 705. The number of nitrogen functional groups attached to an aromatic ring is 1. The van der Waals surface area contributed by atoms with Crippen LogP contribution in [0.3, 0.4) is 0 Å². The topological polar surface area (TPSA) is 90.7 Å². The average Bonchev–Trinajstić information content (AvgIpc) is 3.08. The van der Waals surface area contributed by atoms with Crippen molar-refractivity contribution in [2.24, 2.45) is 0 Å². The predicted molar refractivity (Wildman–Crippen MR) is 73.0 cm³/mol. The molecule has 0 bridgehead atoms. The Morgan fingerprint density at radius 3 is 3.00 bits per heavy atom. The number of nitrogens with zero attached hydrogens (tertiary/aromatic N) is 4. The average molecular weight is 271 g/mol. The highest BCUT2D eigenvalue weighted by Crippen LogP contribution is 2.15. The predicted octanol–water partition coefficient (Wildman–Crippen LogP) is 2.34. The van der Waals surface area contributed by atoms with Gasteiger partial charge in [-0.2, -0.15) is 16.3 Å². The number of rotatable bonds is 3. The monoisotopic (exact) mass is 271 g/mol. The van der Waals surface area contributed by atoms with Gasteiger partial charge < -0.3 is 10.3 Å². The summed E-state index contributed by atoms with van der Waals surface area (Å²) >= 11 is 1.63. The Labute approximate surface area is 112 Å². The number of aromatic nitrogens is 4. The van der Waals surface area contributed by atoms with Gasteiger partial charge in [0, 0.05) is 12.1 Å². The summed E-state index contributed by atoms with van der Waals surface area (Å²) < 4.78 is 5.11. The van der Waals surface area contributed by atoms with Gasteiger partial charge in [-0.15, -0.1) is 0 Å². The van der Waals surface area contributed by atoms with Crippen molar-refractivity contribution in [2.45, 2.75) is 0 Å². The molecule has 0 fully saturated rings. The second-order valence-corrected chi connectivity index (χ2v) is 4.45. The van der Waals surface area contributed by atoms with E-state index in [1.165, 1.54) is 6.33 Å². The molecule has 7 heteroatoms. The van der Waals surface area contributed by atoms with Gasteiger partial charge in [-0.25, -0.2) is 9.97 Å². The van der Waals surface area contributed by atoms with Gasteiger partial charge in [0.1, 0.15) is 17.8 Å². The zero-order chi connectivity index (χ0) is 13.1. The Morgan fingerprint density at radius 2 is 2.21 bits per heavy atom. The maximum atomic E-state index is 5.58. The molecule has 6 nitrogen and oxygen atoms in total. The summed E-state index contributed by atoms with van der Waals surface area (Å²) in [6, 6.07) is 3.60. The quantitative estimate of drug-likeness (QED) is 0.786. The summed E-state index contributed by atoms with van der Waals surface area (Å²) in [4.78, 5) is 12.1. The molecule has 0 aliphatic carbocycles. The van der Waals surface area contributed by atoms with E-state index in [0.29, 0.717) is 23.2 Å². The van der Waals surface area contributed by atoms with E-state index >= 15 is 0 Å². The Hall–Kier alpha value is -2.54. The van der Waals surface area contributed by atoms with Gasteiger partial charge in [0.2, 0.25) is 5.82 Å². The van der Waals surface area contributed by atoms with Crippen LogP contribution < -0.4 is 5.73 Å². The van der Waals surface area contributed by atoms with E-state index in [2.05, 4.69) is 20.1 Å². The van der Waals surface area contributed by atoms with Crippen LogP contribution in [-0.2, 0) is 0 Å². The maximum absolute atomic E-state index is 5.58. The lowest BCUT2D eigenvalue weighted by Gasteiger charge is -1.93. The first kappa shape index (κ1) is 11.5. The molecule has 0 aliphatic rings. The highest BCUT2D eigenvalue weighted by atomic mass is 32.1. The van der Waals surface area contributed by atoms with Crippen LogP contribution in [0.5, 0.6) is 0 Å². The fraction of sp³-hybridized carbons (Fsp3) is 0. The van der Waals surface area contributed by atoms with Crippen molar-refractivity contribution < 1.29 is 4.52 Å². The molecule has 0 radical (unpaired) electrons. The van der Waals surface area contributed by atoms with E-state index < -0.39 is 0 Å². The van der Waals surface area contributed by atoms with Crippen LogP contribution in [-0.4, -0.2) is 20.1 Å². The minimum Gasteiger partial charge on any atom is -0.384 e. The van der Waals surface area contributed by atoms with Crippen molar-refractivity contribution in [1.29, 1.82) is 0 Å². The zero-order valence-corrected chi connectivity index (χ0v) is 10.5. The van der Waals surface area contributed by atoms with Crippen LogP contribution in [0.15, 0.2) is 33.7 Å². The summed E-state index contributed by atoms with van der Waals surface area (Å²) in [6.45, 7) is 0. The zero-order valence-electron chi connectivity index (χ0n) is 9.72. The lowest BCUT2D eigenvalue weighted by Crippen LogP contribution is -1.93. The lowest BCUT2D eigenvalue weighted by atomic mass is 10.3. The smallest absolute Gasteiger partial charge is 0.251 e. The number of thiophene rings is 1. The highest BCUT2D eigenvalue weighted by Gasteiger charge is 2.08. The fourth-order valence-corrected chi connectivity index (χ4v) is 2.07. The van der Waals surface area contributed by atoms with Crippen LogP contribution in [0, 0.1) is 0 Å². The summed E-state index contributed by atoms with van der Waals surface area (Å²) in [7, 11) is 0. The Morgan fingerprint density at radius 1 is 1.26 bits per heavy atom. The third kappa shape index (κ3) is 2.66. The van der Waals surface area contributed by atoms with Gasteiger partial charge in [0.05, 0.1) is 0 Å². The van der Waals surface area contributed by atoms with Gasteiger partial charge in [0.15, 0.2) is 0 Å². The molecule has 3 rings (SSSR count). The van der Waals surface area contributed by atoms with Gasteiger partial charge in [0.25, 0.3) is 5.89 Å². The minimum atomic E-state index is 0.366. The molecular formula is C12H9N5OS. The molecule has 0 unspecified atom stereocenters. The van der Waals surface area contributed by atoms with Gasteiger partial charge in [-0.3, -0.25) is 0 Å². The van der Waals surface area contributed by atoms with Crippen molar-refractivity contribution in [3.8, 4) is 11.5 Å². The molecule has 0 spiro atoms. The molecule has 94 valence electrons. The molecule has 0 saturated carbocycles. The Kier molecular flexibility index (Phi) is 3.03. The largest absolute Gasteiger partial charge is 0.384 e. The lowest BCUT2D eigenvalue weighted by molar-refractivity contribution is 0.411. The second kappa shape index (κ2) is 4.99.